The molecule has 0 unspecified atom stereocenters. The van der Waals surface area contributed by atoms with Gasteiger partial charge in [0.2, 0.25) is 0 Å². The van der Waals surface area contributed by atoms with Gasteiger partial charge in [-0.05, 0) is 60.4 Å². The van der Waals surface area contributed by atoms with Gasteiger partial charge in [0.1, 0.15) is 11.5 Å². The van der Waals surface area contributed by atoms with E-state index in [1.54, 1.807) is 14.2 Å². The van der Waals surface area contributed by atoms with Crippen LogP contribution >= 0.6 is 0 Å². The lowest BCUT2D eigenvalue weighted by Gasteiger charge is -2.12. The van der Waals surface area contributed by atoms with E-state index in [2.05, 4.69) is 38.1 Å². The van der Waals surface area contributed by atoms with Gasteiger partial charge in [0.05, 0.1) is 14.2 Å². The molecule has 0 aliphatic carbocycles. The Morgan fingerprint density at radius 1 is 0.667 bits per heavy atom. The fourth-order valence-corrected chi connectivity index (χ4v) is 2.04. The summed E-state index contributed by atoms with van der Waals surface area (Å²) in [5.41, 5.74) is 4.83. The van der Waals surface area contributed by atoms with E-state index in [0.29, 0.717) is 0 Å². The van der Waals surface area contributed by atoms with Crippen LogP contribution in [0, 0.1) is 13.8 Å². The Morgan fingerprint density at radius 3 is 1.39 bits per heavy atom. The van der Waals surface area contributed by atoms with Gasteiger partial charge in [-0.1, -0.05) is 12.1 Å². The van der Waals surface area contributed by atoms with Gasteiger partial charge in [0, 0.05) is 0 Å². The molecule has 0 N–H and O–H groups in total. The zero-order chi connectivity index (χ0) is 13.1. The van der Waals surface area contributed by atoms with Gasteiger partial charge in [-0.2, -0.15) is 0 Å². The van der Waals surface area contributed by atoms with Gasteiger partial charge in [0.25, 0.3) is 0 Å². The highest BCUT2D eigenvalue weighted by Crippen LogP contribution is 2.32. The zero-order valence-electron chi connectivity index (χ0n) is 11.3. The minimum atomic E-state index is 0.873. The Hall–Kier alpha value is -1.96. The highest BCUT2D eigenvalue weighted by Gasteiger charge is 2.08. The third-order valence-corrected chi connectivity index (χ3v) is 3.18. The Morgan fingerprint density at radius 2 is 1.06 bits per heavy atom. The fraction of sp³-hybridized carbons (Fsp3) is 0.250. The Balaban J connectivity index is 2.60. The molecule has 0 aliphatic heterocycles. The summed E-state index contributed by atoms with van der Waals surface area (Å²) in [6.07, 6.45) is 0. The smallest absolute Gasteiger partial charge is 0.119 e. The Labute approximate surface area is 108 Å². The number of methoxy groups -OCH3 is 2. The minimum Gasteiger partial charge on any atom is -0.497 e. The maximum absolute atomic E-state index is 5.30. The molecule has 0 radical (unpaired) electrons. The summed E-state index contributed by atoms with van der Waals surface area (Å²) in [5.74, 6) is 1.75. The van der Waals surface area contributed by atoms with Gasteiger partial charge >= 0.3 is 0 Å². The molecule has 0 bridgehead atoms. The standard InChI is InChI=1S/C16H18O2/c1-11-5-7-13(17-3)9-15(11)16-10-14(18-4)8-6-12(16)2/h5-10H,1-4H3. The van der Waals surface area contributed by atoms with Crippen LogP contribution < -0.4 is 9.47 Å². The van der Waals surface area contributed by atoms with Crippen molar-refractivity contribution in [1.82, 2.24) is 0 Å². The van der Waals surface area contributed by atoms with Crippen molar-refractivity contribution in [2.75, 3.05) is 14.2 Å². The molecular formula is C16H18O2. The average molecular weight is 242 g/mol. The molecule has 2 heteroatoms. The first-order chi connectivity index (χ1) is 8.65. The summed E-state index contributed by atoms with van der Waals surface area (Å²) in [5, 5.41) is 0. The van der Waals surface area contributed by atoms with Crippen LogP contribution in [0.3, 0.4) is 0 Å². The van der Waals surface area contributed by atoms with E-state index < -0.39 is 0 Å². The summed E-state index contributed by atoms with van der Waals surface area (Å²) in [6.45, 7) is 4.21. The van der Waals surface area contributed by atoms with Crippen LogP contribution in [0.2, 0.25) is 0 Å². The first kappa shape index (κ1) is 12.5. The van der Waals surface area contributed by atoms with Crippen LogP contribution in [0.15, 0.2) is 36.4 Å². The molecule has 2 aromatic rings. The first-order valence-corrected chi connectivity index (χ1v) is 5.95. The molecule has 2 nitrogen and oxygen atoms in total. The van der Waals surface area contributed by atoms with Crippen molar-refractivity contribution in [3.8, 4) is 22.6 Å². The van der Waals surface area contributed by atoms with Gasteiger partial charge < -0.3 is 9.47 Å². The molecule has 2 rings (SSSR count). The number of hydrogen-bond acceptors (Lipinski definition) is 2. The maximum atomic E-state index is 5.30. The largest absolute Gasteiger partial charge is 0.497 e. The van der Waals surface area contributed by atoms with Gasteiger partial charge in [-0.25, -0.2) is 0 Å². The number of aryl methyl sites for hydroxylation is 2. The normalized spacial score (nSPS) is 10.2. The van der Waals surface area contributed by atoms with Crippen LogP contribution in [-0.2, 0) is 0 Å². The lowest BCUT2D eigenvalue weighted by molar-refractivity contribution is 0.414. The van der Waals surface area contributed by atoms with Crippen LogP contribution in [0.1, 0.15) is 11.1 Å². The molecule has 0 amide bonds. The third kappa shape index (κ3) is 2.33. The fourth-order valence-electron chi connectivity index (χ4n) is 2.04. The maximum Gasteiger partial charge on any atom is 0.119 e. The summed E-state index contributed by atoms with van der Waals surface area (Å²) in [7, 11) is 3.37. The predicted molar refractivity (Wildman–Crippen MR) is 74.5 cm³/mol. The van der Waals surface area contributed by atoms with E-state index in [1.807, 2.05) is 12.1 Å². The van der Waals surface area contributed by atoms with E-state index in [0.717, 1.165) is 11.5 Å². The second-order valence-corrected chi connectivity index (χ2v) is 4.36. The molecule has 18 heavy (non-hydrogen) atoms. The molecule has 0 atom stereocenters. The van der Waals surface area contributed by atoms with Crippen molar-refractivity contribution < 1.29 is 9.47 Å². The van der Waals surface area contributed by atoms with Crippen molar-refractivity contribution in [3.05, 3.63) is 47.5 Å². The second-order valence-electron chi connectivity index (χ2n) is 4.36. The highest BCUT2D eigenvalue weighted by molar-refractivity contribution is 5.73. The monoisotopic (exact) mass is 242 g/mol. The van der Waals surface area contributed by atoms with Crippen LogP contribution in [0.25, 0.3) is 11.1 Å². The molecule has 0 spiro atoms. The van der Waals surface area contributed by atoms with Crippen LogP contribution in [-0.4, -0.2) is 14.2 Å². The minimum absolute atomic E-state index is 0.873. The lowest BCUT2D eigenvalue weighted by atomic mass is 9.96. The molecule has 2 aromatic carbocycles. The van der Waals surface area contributed by atoms with Crippen molar-refractivity contribution in [1.29, 1.82) is 0 Å². The molecule has 0 aliphatic rings. The molecule has 0 saturated carbocycles. The van der Waals surface area contributed by atoms with Crippen molar-refractivity contribution in [3.63, 3.8) is 0 Å². The van der Waals surface area contributed by atoms with E-state index in [4.69, 9.17) is 9.47 Å². The second kappa shape index (κ2) is 5.13. The molecular weight excluding hydrogens is 224 g/mol. The predicted octanol–water partition coefficient (Wildman–Crippen LogP) is 3.99. The number of rotatable bonds is 3. The van der Waals surface area contributed by atoms with Gasteiger partial charge in [0.15, 0.2) is 0 Å². The summed E-state index contributed by atoms with van der Waals surface area (Å²) in [4.78, 5) is 0. The van der Waals surface area contributed by atoms with Crippen molar-refractivity contribution in [2.24, 2.45) is 0 Å². The van der Waals surface area contributed by atoms with Crippen LogP contribution in [0.5, 0.6) is 11.5 Å². The molecule has 0 saturated heterocycles. The average Bonchev–Trinajstić information content (AvgIpc) is 2.40. The van der Waals surface area contributed by atoms with Crippen molar-refractivity contribution >= 4 is 0 Å². The summed E-state index contributed by atoms with van der Waals surface area (Å²) in [6, 6.07) is 12.2. The highest BCUT2D eigenvalue weighted by atomic mass is 16.5. The Bertz CT molecular complexity index is 508. The lowest BCUT2D eigenvalue weighted by Crippen LogP contribution is -1.91. The first-order valence-electron chi connectivity index (χ1n) is 5.95. The van der Waals surface area contributed by atoms with E-state index >= 15 is 0 Å². The van der Waals surface area contributed by atoms with Crippen LogP contribution in [0.4, 0.5) is 0 Å². The van der Waals surface area contributed by atoms with E-state index in [9.17, 15) is 0 Å². The summed E-state index contributed by atoms with van der Waals surface area (Å²) < 4.78 is 10.6. The topological polar surface area (TPSA) is 18.5 Å². The number of hydrogen-bond donors (Lipinski definition) is 0. The van der Waals surface area contributed by atoms with E-state index in [-0.39, 0.29) is 0 Å². The van der Waals surface area contributed by atoms with E-state index in [1.165, 1.54) is 22.3 Å². The molecule has 0 heterocycles. The van der Waals surface area contributed by atoms with Gasteiger partial charge in [-0.3, -0.25) is 0 Å². The Kier molecular flexibility index (Phi) is 3.56. The third-order valence-electron chi connectivity index (χ3n) is 3.18. The van der Waals surface area contributed by atoms with Gasteiger partial charge in [-0.15, -0.1) is 0 Å². The van der Waals surface area contributed by atoms with Crippen molar-refractivity contribution in [2.45, 2.75) is 13.8 Å². The summed E-state index contributed by atoms with van der Waals surface area (Å²) >= 11 is 0. The number of benzene rings is 2. The zero-order valence-corrected chi connectivity index (χ0v) is 11.3. The SMILES string of the molecule is COc1ccc(C)c(-c2cc(OC)ccc2C)c1. The molecule has 0 fully saturated rings. The molecule has 0 aromatic heterocycles. The quantitative estimate of drug-likeness (QED) is 0.810. The number of ether oxygens (including phenoxy) is 2. The molecule has 94 valence electrons.